The highest BCUT2D eigenvalue weighted by atomic mass is 16.6. The van der Waals surface area contributed by atoms with Gasteiger partial charge in [0.2, 0.25) is 17.7 Å². The third-order valence-corrected chi connectivity index (χ3v) is 9.17. The Labute approximate surface area is 292 Å². The van der Waals surface area contributed by atoms with Gasteiger partial charge < -0.3 is 20.3 Å². The predicted octanol–water partition coefficient (Wildman–Crippen LogP) is 7.16. The lowest BCUT2D eigenvalue weighted by molar-refractivity contribution is -0.136. The van der Waals surface area contributed by atoms with Gasteiger partial charge in [0.05, 0.1) is 0 Å². The molecule has 2 heterocycles. The number of benzene rings is 4. The van der Waals surface area contributed by atoms with E-state index in [9.17, 15) is 19.2 Å². The Morgan fingerprint density at radius 3 is 1.64 bits per heavy atom. The average molecular weight is 671 g/mol. The molecule has 6 rings (SSSR count). The van der Waals surface area contributed by atoms with Crippen LogP contribution >= 0.6 is 0 Å². The van der Waals surface area contributed by atoms with Crippen molar-refractivity contribution in [1.29, 1.82) is 0 Å². The summed E-state index contributed by atoms with van der Waals surface area (Å²) in [6.07, 6.45) is 7.32. The molecule has 50 heavy (non-hydrogen) atoms. The van der Waals surface area contributed by atoms with E-state index in [0.29, 0.717) is 50.1 Å². The molecule has 0 radical (unpaired) electrons. The van der Waals surface area contributed by atoms with E-state index in [1.807, 2.05) is 121 Å². The van der Waals surface area contributed by atoms with Gasteiger partial charge in [-0.25, -0.2) is 4.79 Å². The number of nitrogens with zero attached hydrogens (tertiary/aromatic N) is 2. The molecule has 0 saturated carbocycles. The van der Waals surface area contributed by atoms with Gasteiger partial charge in [0, 0.05) is 30.9 Å². The molecule has 2 atom stereocenters. The summed E-state index contributed by atoms with van der Waals surface area (Å²) in [4.78, 5) is 55.1. The summed E-state index contributed by atoms with van der Waals surface area (Å²) in [5, 5.41) is 5.93. The molecule has 0 spiro atoms. The Morgan fingerprint density at radius 1 is 0.620 bits per heavy atom. The predicted molar refractivity (Wildman–Crippen MR) is 195 cm³/mol. The van der Waals surface area contributed by atoms with Gasteiger partial charge in [0.15, 0.2) is 0 Å². The van der Waals surface area contributed by atoms with Crippen molar-refractivity contribution in [3.05, 3.63) is 131 Å². The zero-order valence-corrected chi connectivity index (χ0v) is 28.0. The van der Waals surface area contributed by atoms with Crippen LogP contribution in [0.2, 0.25) is 0 Å². The van der Waals surface area contributed by atoms with E-state index in [0.717, 1.165) is 35.1 Å². The van der Waals surface area contributed by atoms with Crippen LogP contribution in [0, 0.1) is 0 Å². The summed E-state index contributed by atoms with van der Waals surface area (Å²) >= 11 is 0. The second-order valence-corrected chi connectivity index (χ2v) is 12.7. The third-order valence-electron chi connectivity index (χ3n) is 9.17. The van der Waals surface area contributed by atoms with E-state index in [-0.39, 0.29) is 24.3 Å². The Balaban J connectivity index is 0.961. The molecule has 2 aliphatic rings. The number of aryl methyl sites for hydroxylation is 1. The van der Waals surface area contributed by atoms with E-state index in [1.54, 1.807) is 4.90 Å². The summed E-state index contributed by atoms with van der Waals surface area (Å²) in [5.74, 6) is -0.376. The number of rotatable bonds is 11. The van der Waals surface area contributed by atoms with Crippen LogP contribution in [0.25, 0.3) is 12.2 Å². The highest BCUT2D eigenvalue weighted by Crippen LogP contribution is 2.23. The fraction of sp³-hybridized carbons (Fsp3) is 0.268. The molecule has 4 aromatic rings. The molecule has 256 valence electrons. The van der Waals surface area contributed by atoms with E-state index >= 15 is 0 Å². The van der Waals surface area contributed by atoms with Crippen molar-refractivity contribution in [3.63, 3.8) is 0 Å². The first-order chi connectivity index (χ1) is 24.4. The summed E-state index contributed by atoms with van der Waals surface area (Å²) in [5.41, 5.74) is 5.25. The zero-order valence-electron chi connectivity index (χ0n) is 28.0. The molecular formula is C41H42N4O5. The van der Waals surface area contributed by atoms with Gasteiger partial charge in [-0.05, 0) is 78.6 Å². The van der Waals surface area contributed by atoms with E-state index in [2.05, 4.69) is 10.6 Å². The van der Waals surface area contributed by atoms with Crippen molar-refractivity contribution < 1.29 is 23.9 Å². The Bertz CT molecular complexity index is 1660. The van der Waals surface area contributed by atoms with Gasteiger partial charge in [-0.3, -0.25) is 19.3 Å². The maximum atomic E-state index is 13.1. The van der Waals surface area contributed by atoms with Crippen molar-refractivity contribution in [2.24, 2.45) is 0 Å². The van der Waals surface area contributed by atoms with Crippen LogP contribution in [-0.4, -0.2) is 58.8 Å². The first-order valence-corrected chi connectivity index (χ1v) is 17.2. The summed E-state index contributed by atoms with van der Waals surface area (Å²) in [6, 6.07) is 33.4. The number of anilines is 2. The van der Waals surface area contributed by atoms with Gasteiger partial charge in [-0.15, -0.1) is 0 Å². The van der Waals surface area contributed by atoms with Crippen LogP contribution in [0.4, 0.5) is 16.2 Å². The summed E-state index contributed by atoms with van der Waals surface area (Å²) < 4.78 is 5.46. The van der Waals surface area contributed by atoms with E-state index in [1.165, 1.54) is 4.90 Å². The summed E-state index contributed by atoms with van der Waals surface area (Å²) in [7, 11) is 0. The van der Waals surface area contributed by atoms with Crippen molar-refractivity contribution in [1.82, 2.24) is 9.80 Å². The van der Waals surface area contributed by atoms with Crippen LogP contribution in [0.15, 0.2) is 109 Å². The number of likely N-dealkylation sites (tertiary alicyclic amines) is 2. The second kappa shape index (κ2) is 16.6. The number of ether oxygens (including phenoxy) is 1. The highest BCUT2D eigenvalue weighted by Gasteiger charge is 2.35. The molecule has 4 amide bonds. The lowest BCUT2D eigenvalue weighted by Gasteiger charge is -2.24. The molecule has 0 aromatic heterocycles. The largest absolute Gasteiger partial charge is 0.445 e. The average Bonchev–Trinajstić information content (AvgIpc) is 3.86. The van der Waals surface area contributed by atoms with Crippen LogP contribution < -0.4 is 10.6 Å². The lowest BCUT2D eigenvalue weighted by Crippen LogP contribution is -2.43. The van der Waals surface area contributed by atoms with Crippen LogP contribution in [0.3, 0.4) is 0 Å². The van der Waals surface area contributed by atoms with Crippen molar-refractivity contribution in [3.8, 4) is 0 Å². The lowest BCUT2D eigenvalue weighted by atomic mass is 10.1. The van der Waals surface area contributed by atoms with Gasteiger partial charge in [-0.1, -0.05) is 97.1 Å². The second-order valence-electron chi connectivity index (χ2n) is 12.7. The smallest absolute Gasteiger partial charge is 0.410 e. The molecule has 9 heteroatoms. The zero-order chi connectivity index (χ0) is 34.7. The standard InChI is InChI=1S/C41H42N4O5/c46-38(26-21-30-9-3-1-4-10-30)44-27-7-13-36(44)39(47)42-34-22-17-31(18-23-34)15-16-32-19-24-35(25-20-32)43-40(48)37-14-8-28-45(37)41(49)50-29-33-11-5-2-6-12-33/h1-6,9-12,15-20,22-25,36-37H,7-8,13-14,21,26-29H2,(H,42,47)(H,43,48)/b16-15-/t36-,37-/m0/s1. The molecule has 9 nitrogen and oxygen atoms in total. The molecule has 2 N–H and O–H groups in total. The van der Waals surface area contributed by atoms with Crippen LogP contribution in [-0.2, 0) is 32.1 Å². The van der Waals surface area contributed by atoms with Gasteiger partial charge >= 0.3 is 6.09 Å². The number of carbonyl (C=O) groups excluding carboxylic acids is 4. The van der Waals surface area contributed by atoms with Gasteiger partial charge in [0.25, 0.3) is 0 Å². The van der Waals surface area contributed by atoms with Crippen molar-refractivity contribution in [2.45, 2.75) is 57.2 Å². The first kappa shape index (κ1) is 34.2. The minimum absolute atomic E-state index is 0.0135. The van der Waals surface area contributed by atoms with E-state index in [4.69, 9.17) is 4.74 Å². The fourth-order valence-electron chi connectivity index (χ4n) is 6.44. The molecule has 0 aliphatic carbocycles. The quantitative estimate of drug-likeness (QED) is 0.165. The fourth-order valence-corrected chi connectivity index (χ4v) is 6.44. The minimum atomic E-state index is -0.574. The number of amides is 4. The number of carbonyl (C=O) groups is 4. The Morgan fingerprint density at radius 2 is 1.10 bits per heavy atom. The molecule has 2 aliphatic heterocycles. The topological polar surface area (TPSA) is 108 Å². The van der Waals surface area contributed by atoms with E-state index < -0.39 is 18.2 Å². The molecule has 0 bridgehead atoms. The third kappa shape index (κ3) is 9.05. The molecule has 4 aromatic carbocycles. The Kier molecular flexibility index (Phi) is 11.4. The monoisotopic (exact) mass is 670 g/mol. The van der Waals surface area contributed by atoms with Crippen LogP contribution in [0.5, 0.6) is 0 Å². The molecular weight excluding hydrogens is 628 g/mol. The van der Waals surface area contributed by atoms with Crippen LogP contribution in [0.1, 0.15) is 54.4 Å². The Hall–Kier alpha value is -5.70. The SMILES string of the molecule is O=C(Nc1ccc(/C=C\c2ccc(NC(=O)[C@@H]3CCCN3C(=O)OCc3ccccc3)cc2)cc1)[C@@H]1CCCN1C(=O)CCc1ccccc1. The number of hydrogen-bond donors (Lipinski definition) is 2. The minimum Gasteiger partial charge on any atom is -0.445 e. The highest BCUT2D eigenvalue weighted by molar-refractivity contribution is 5.98. The molecule has 2 saturated heterocycles. The molecule has 2 fully saturated rings. The maximum absolute atomic E-state index is 13.1. The van der Waals surface area contributed by atoms with Crippen molar-refractivity contribution >= 4 is 47.3 Å². The summed E-state index contributed by atoms with van der Waals surface area (Å²) in [6.45, 7) is 1.26. The number of hydrogen-bond acceptors (Lipinski definition) is 5. The first-order valence-electron chi connectivity index (χ1n) is 17.2. The van der Waals surface area contributed by atoms with Gasteiger partial charge in [-0.2, -0.15) is 0 Å². The molecule has 0 unspecified atom stereocenters. The normalized spacial score (nSPS) is 17.1. The number of nitrogens with one attached hydrogen (secondary N) is 2. The van der Waals surface area contributed by atoms with Gasteiger partial charge in [0.1, 0.15) is 18.7 Å². The van der Waals surface area contributed by atoms with Crippen molar-refractivity contribution in [2.75, 3.05) is 23.7 Å². The maximum Gasteiger partial charge on any atom is 0.410 e.